The minimum absolute atomic E-state index is 0.178. The number of amides is 1. The first-order chi connectivity index (χ1) is 7.90. The van der Waals surface area contributed by atoms with E-state index in [1.165, 1.54) is 24.1 Å². The van der Waals surface area contributed by atoms with Crippen LogP contribution in [0, 0.1) is 0 Å². The molecule has 1 aromatic carbocycles. The summed E-state index contributed by atoms with van der Waals surface area (Å²) in [6, 6.07) is 6.20. The van der Waals surface area contributed by atoms with Gasteiger partial charge >= 0.3 is 6.09 Å². The van der Waals surface area contributed by atoms with Crippen molar-refractivity contribution < 1.29 is 17.9 Å². The molecule has 0 saturated heterocycles. The van der Waals surface area contributed by atoms with Gasteiger partial charge in [-0.25, -0.2) is 13.2 Å². The molecule has 0 aromatic heterocycles. The fraction of sp³-hybridized carbons (Fsp3) is 0.364. The lowest BCUT2D eigenvalue weighted by molar-refractivity contribution is 0.179. The van der Waals surface area contributed by atoms with Crippen molar-refractivity contribution >= 4 is 21.6 Å². The van der Waals surface area contributed by atoms with Gasteiger partial charge in [-0.2, -0.15) is 0 Å². The van der Waals surface area contributed by atoms with Crippen LogP contribution in [0.2, 0.25) is 0 Å². The summed E-state index contributed by atoms with van der Waals surface area (Å²) in [5.74, 6) is 0. The average molecular weight is 257 g/mol. The summed E-state index contributed by atoms with van der Waals surface area (Å²) in [4.78, 5) is 13.0. The van der Waals surface area contributed by atoms with Gasteiger partial charge in [-0.05, 0) is 25.1 Å². The lowest BCUT2D eigenvalue weighted by atomic mass is 10.3. The van der Waals surface area contributed by atoms with Crippen molar-refractivity contribution in [3.63, 3.8) is 0 Å². The normalized spacial score (nSPS) is 11.0. The van der Waals surface area contributed by atoms with Crippen molar-refractivity contribution in [2.75, 3.05) is 24.8 Å². The van der Waals surface area contributed by atoms with Gasteiger partial charge < -0.3 is 4.74 Å². The topological polar surface area (TPSA) is 63.7 Å². The van der Waals surface area contributed by atoms with Gasteiger partial charge in [0.05, 0.1) is 12.0 Å². The van der Waals surface area contributed by atoms with E-state index in [1.54, 1.807) is 19.1 Å². The summed E-state index contributed by atoms with van der Waals surface area (Å²) < 4.78 is 27.4. The molecule has 0 bridgehead atoms. The molecule has 6 heteroatoms. The molecule has 0 aliphatic heterocycles. The maximum atomic E-state index is 11.5. The summed E-state index contributed by atoms with van der Waals surface area (Å²) in [5, 5.41) is 0. The molecule has 0 spiro atoms. The molecule has 1 rings (SSSR count). The quantitative estimate of drug-likeness (QED) is 0.826. The zero-order valence-corrected chi connectivity index (χ0v) is 10.8. The summed E-state index contributed by atoms with van der Waals surface area (Å²) in [6.07, 6.45) is 0.610. The van der Waals surface area contributed by atoms with Crippen LogP contribution in [0.1, 0.15) is 6.92 Å². The molecule has 0 saturated carbocycles. The highest BCUT2D eigenvalue weighted by Crippen LogP contribution is 2.19. The molecule has 1 aromatic rings. The molecule has 0 aliphatic rings. The van der Waals surface area contributed by atoms with Crippen molar-refractivity contribution in [1.82, 2.24) is 0 Å². The number of hydrogen-bond acceptors (Lipinski definition) is 4. The lowest BCUT2D eigenvalue weighted by Crippen LogP contribution is -2.30. The smallest absolute Gasteiger partial charge is 0.413 e. The molecule has 17 heavy (non-hydrogen) atoms. The number of benzene rings is 1. The van der Waals surface area contributed by atoms with E-state index in [9.17, 15) is 13.2 Å². The second kappa shape index (κ2) is 5.18. The minimum Gasteiger partial charge on any atom is -0.452 e. The summed E-state index contributed by atoms with van der Waals surface area (Å²) in [5.41, 5.74) is 0.502. The van der Waals surface area contributed by atoms with Gasteiger partial charge in [0.25, 0.3) is 0 Å². The van der Waals surface area contributed by atoms with E-state index < -0.39 is 15.9 Å². The second-order valence-corrected chi connectivity index (χ2v) is 5.50. The van der Waals surface area contributed by atoms with E-state index in [0.717, 1.165) is 6.26 Å². The number of anilines is 1. The number of hydrogen-bond donors (Lipinski definition) is 0. The van der Waals surface area contributed by atoms with Crippen LogP contribution in [-0.4, -0.2) is 34.4 Å². The third-order valence-electron chi connectivity index (χ3n) is 2.27. The molecule has 0 atom stereocenters. The van der Waals surface area contributed by atoms with E-state index in [4.69, 9.17) is 0 Å². The number of ether oxygens (including phenoxy) is 1. The zero-order chi connectivity index (χ0) is 13.1. The molecule has 94 valence electrons. The molecular formula is C11H15NO4S. The largest absolute Gasteiger partial charge is 0.452 e. The zero-order valence-electron chi connectivity index (χ0n) is 10.0. The Kier molecular flexibility index (Phi) is 4.11. The Balaban J connectivity index is 3.19. The van der Waals surface area contributed by atoms with Crippen molar-refractivity contribution in [2.24, 2.45) is 0 Å². The molecule has 0 heterocycles. The highest BCUT2D eigenvalue weighted by Gasteiger charge is 2.16. The van der Waals surface area contributed by atoms with Crippen LogP contribution in [0.3, 0.4) is 0 Å². The predicted octanol–water partition coefficient (Wildman–Crippen LogP) is 1.68. The third-order valence-corrected chi connectivity index (χ3v) is 3.38. The SMILES string of the molecule is CCN(C(=O)OC)c1cccc(S(C)(=O)=O)c1. The van der Waals surface area contributed by atoms with E-state index in [0.29, 0.717) is 12.2 Å². The summed E-state index contributed by atoms with van der Waals surface area (Å²) >= 11 is 0. The number of carbonyl (C=O) groups excluding carboxylic acids is 1. The van der Waals surface area contributed by atoms with Crippen molar-refractivity contribution in [3.05, 3.63) is 24.3 Å². The van der Waals surface area contributed by atoms with Crippen LogP contribution >= 0.6 is 0 Å². The molecule has 5 nitrogen and oxygen atoms in total. The van der Waals surface area contributed by atoms with Gasteiger partial charge in [0, 0.05) is 18.5 Å². The number of nitrogens with zero attached hydrogens (tertiary/aromatic N) is 1. The van der Waals surface area contributed by atoms with Crippen molar-refractivity contribution in [1.29, 1.82) is 0 Å². The maximum Gasteiger partial charge on any atom is 0.413 e. The van der Waals surface area contributed by atoms with Gasteiger partial charge in [0.15, 0.2) is 9.84 Å². The Morgan fingerprint density at radius 1 is 1.41 bits per heavy atom. The monoisotopic (exact) mass is 257 g/mol. The highest BCUT2D eigenvalue weighted by molar-refractivity contribution is 7.90. The molecule has 0 unspecified atom stereocenters. The Hall–Kier alpha value is -1.56. The van der Waals surface area contributed by atoms with Crippen LogP contribution in [0.15, 0.2) is 29.2 Å². The molecule has 0 aliphatic carbocycles. The van der Waals surface area contributed by atoms with Gasteiger partial charge in [-0.1, -0.05) is 6.07 Å². The fourth-order valence-electron chi connectivity index (χ4n) is 1.41. The van der Waals surface area contributed by atoms with Crippen LogP contribution in [0.4, 0.5) is 10.5 Å². The Labute approximate surface area is 101 Å². The Morgan fingerprint density at radius 3 is 2.53 bits per heavy atom. The van der Waals surface area contributed by atoms with Gasteiger partial charge in [0.2, 0.25) is 0 Å². The molecule has 0 fully saturated rings. The minimum atomic E-state index is -3.28. The first-order valence-corrected chi connectivity index (χ1v) is 6.95. The van der Waals surface area contributed by atoms with Gasteiger partial charge in [0.1, 0.15) is 0 Å². The van der Waals surface area contributed by atoms with Gasteiger partial charge in [-0.15, -0.1) is 0 Å². The van der Waals surface area contributed by atoms with E-state index in [-0.39, 0.29) is 4.90 Å². The van der Waals surface area contributed by atoms with E-state index in [2.05, 4.69) is 4.74 Å². The standard InChI is InChI=1S/C11H15NO4S/c1-4-12(11(13)16-2)9-6-5-7-10(8-9)17(3,14)15/h5-8H,4H2,1-3H3. The summed E-state index contributed by atoms with van der Waals surface area (Å²) in [7, 11) is -2.00. The molecule has 0 N–H and O–H groups in total. The van der Waals surface area contributed by atoms with Crippen LogP contribution in [-0.2, 0) is 14.6 Å². The van der Waals surface area contributed by atoms with Crippen LogP contribution < -0.4 is 4.90 Å². The molecule has 0 radical (unpaired) electrons. The van der Waals surface area contributed by atoms with Crippen molar-refractivity contribution in [3.8, 4) is 0 Å². The predicted molar refractivity (Wildman–Crippen MR) is 65.0 cm³/mol. The third kappa shape index (κ3) is 3.20. The Morgan fingerprint density at radius 2 is 2.06 bits per heavy atom. The van der Waals surface area contributed by atoms with E-state index in [1.807, 2.05) is 0 Å². The van der Waals surface area contributed by atoms with E-state index >= 15 is 0 Å². The van der Waals surface area contributed by atoms with Gasteiger partial charge in [-0.3, -0.25) is 4.90 Å². The number of sulfone groups is 1. The number of rotatable bonds is 3. The maximum absolute atomic E-state index is 11.5. The van der Waals surface area contributed by atoms with Crippen LogP contribution in [0.25, 0.3) is 0 Å². The first-order valence-electron chi connectivity index (χ1n) is 5.05. The first kappa shape index (κ1) is 13.5. The van der Waals surface area contributed by atoms with Crippen molar-refractivity contribution in [2.45, 2.75) is 11.8 Å². The molecular weight excluding hydrogens is 242 g/mol. The Bertz CT molecular complexity index is 510. The lowest BCUT2D eigenvalue weighted by Gasteiger charge is -2.19. The number of methoxy groups -OCH3 is 1. The second-order valence-electron chi connectivity index (χ2n) is 3.48. The number of carbonyl (C=O) groups is 1. The van der Waals surface area contributed by atoms with Crippen LogP contribution in [0.5, 0.6) is 0 Å². The molecule has 1 amide bonds. The summed E-state index contributed by atoms with van der Waals surface area (Å²) in [6.45, 7) is 2.18. The average Bonchev–Trinajstić information content (AvgIpc) is 2.29. The fourth-order valence-corrected chi connectivity index (χ4v) is 2.07. The highest BCUT2D eigenvalue weighted by atomic mass is 32.2.